The Hall–Kier alpha value is -1.21. The second-order valence-electron chi connectivity index (χ2n) is 8.95. The van der Waals surface area contributed by atoms with Gasteiger partial charge in [-0.15, -0.1) is 0 Å². The molecular weight excluding hydrogens is 372 g/mol. The van der Waals surface area contributed by atoms with Crippen LogP contribution in [-0.4, -0.2) is 45.8 Å². The maximum atomic E-state index is 11.9. The van der Waals surface area contributed by atoms with Crippen LogP contribution in [-0.2, 0) is 30.0 Å². The fraction of sp³-hybridized carbons (Fsp3) is 0.682. The Morgan fingerprint density at radius 2 is 1.89 bits per heavy atom. The summed E-state index contributed by atoms with van der Waals surface area (Å²) in [6, 6.07) is 10.1. The zero-order valence-corrected chi connectivity index (χ0v) is 19.2. The van der Waals surface area contributed by atoms with Gasteiger partial charge in [-0.25, -0.2) is 0 Å². The lowest BCUT2D eigenvalue weighted by Crippen LogP contribution is -2.44. The minimum absolute atomic E-state index is 0.0931. The van der Waals surface area contributed by atoms with Crippen molar-refractivity contribution >= 4 is 14.3 Å². The maximum absolute atomic E-state index is 11.9. The first-order valence-electron chi connectivity index (χ1n) is 10.2. The molecule has 1 heterocycles. The SMILES string of the molecule is CCOC(=O)C[C@@H]1C[C@H](OCc2ccccc2)[C@H](CO[Si](C)(C)C(C)(C)C)O1. The Labute approximate surface area is 170 Å². The van der Waals surface area contributed by atoms with E-state index in [1.165, 1.54) is 0 Å². The molecule has 3 atom stereocenters. The third-order valence-corrected chi connectivity index (χ3v) is 10.2. The lowest BCUT2D eigenvalue weighted by Gasteiger charge is -2.37. The molecule has 1 aromatic rings. The molecule has 0 unspecified atom stereocenters. The number of carbonyl (C=O) groups excluding carboxylic acids is 1. The third-order valence-electron chi connectivity index (χ3n) is 5.70. The van der Waals surface area contributed by atoms with Gasteiger partial charge in [-0.1, -0.05) is 51.1 Å². The van der Waals surface area contributed by atoms with Crippen molar-refractivity contribution in [2.24, 2.45) is 0 Å². The van der Waals surface area contributed by atoms with Gasteiger partial charge in [0.25, 0.3) is 0 Å². The largest absolute Gasteiger partial charge is 0.466 e. The van der Waals surface area contributed by atoms with E-state index in [1.807, 2.05) is 37.3 Å². The molecule has 0 radical (unpaired) electrons. The monoisotopic (exact) mass is 408 g/mol. The number of benzene rings is 1. The molecule has 0 saturated carbocycles. The predicted octanol–water partition coefficient (Wildman–Crippen LogP) is 4.70. The van der Waals surface area contributed by atoms with E-state index >= 15 is 0 Å². The van der Waals surface area contributed by atoms with Gasteiger partial charge in [0.1, 0.15) is 6.10 Å². The van der Waals surface area contributed by atoms with E-state index < -0.39 is 8.32 Å². The molecule has 158 valence electrons. The number of esters is 1. The Morgan fingerprint density at radius 3 is 2.50 bits per heavy atom. The van der Waals surface area contributed by atoms with Gasteiger partial charge in [-0.2, -0.15) is 0 Å². The Morgan fingerprint density at radius 1 is 1.21 bits per heavy atom. The van der Waals surface area contributed by atoms with Crippen LogP contribution in [0.1, 0.15) is 46.1 Å². The number of ether oxygens (including phenoxy) is 3. The van der Waals surface area contributed by atoms with Crippen molar-refractivity contribution in [3.63, 3.8) is 0 Å². The Kier molecular flexibility index (Phi) is 8.25. The Balaban J connectivity index is 1.99. The first-order valence-corrected chi connectivity index (χ1v) is 13.1. The standard InChI is InChI=1S/C22H36O5Si/c1-7-24-21(23)14-18-13-19(25-15-17-11-9-8-10-12-17)20(27-18)16-26-28(5,6)22(2,3)4/h8-12,18-20H,7,13-16H2,1-6H3/t18-,19-,20-/m0/s1. The molecular formula is C22H36O5Si. The van der Waals surface area contributed by atoms with Gasteiger partial charge in [0.15, 0.2) is 8.32 Å². The molecule has 2 rings (SSSR count). The van der Waals surface area contributed by atoms with Crippen LogP contribution < -0.4 is 0 Å². The van der Waals surface area contributed by atoms with Gasteiger partial charge in [0.2, 0.25) is 0 Å². The number of hydrogen-bond donors (Lipinski definition) is 0. The summed E-state index contributed by atoms with van der Waals surface area (Å²) in [7, 11) is -1.88. The van der Waals surface area contributed by atoms with E-state index in [4.69, 9.17) is 18.6 Å². The van der Waals surface area contributed by atoms with Gasteiger partial charge in [0.05, 0.1) is 38.4 Å². The van der Waals surface area contributed by atoms with E-state index in [0.29, 0.717) is 26.2 Å². The highest BCUT2D eigenvalue weighted by Gasteiger charge is 2.42. The van der Waals surface area contributed by atoms with Gasteiger partial charge >= 0.3 is 5.97 Å². The van der Waals surface area contributed by atoms with Gasteiger partial charge in [0, 0.05) is 6.42 Å². The zero-order valence-electron chi connectivity index (χ0n) is 18.2. The zero-order chi connectivity index (χ0) is 20.8. The van der Waals surface area contributed by atoms with Gasteiger partial charge in [-0.05, 0) is 30.6 Å². The molecule has 0 bridgehead atoms. The van der Waals surface area contributed by atoms with E-state index in [2.05, 4.69) is 33.9 Å². The highest BCUT2D eigenvalue weighted by Crippen LogP contribution is 2.37. The lowest BCUT2D eigenvalue weighted by molar-refractivity contribution is -0.146. The molecule has 1 aromatic carbocycles. The summed E-state index contributed by atoms with van der Waals surface area (Å²) in [6.45, 7) is 14.4. The predicted molar refractivity (Wildman–Crippen MR) is 113 cm³/mol. The molecule has 1 fully saturated rings. The molecule has 0 aliphatic carbocycles. The van der Waals surface area contributed by atoms with Crippen LogP contribution in [0.2, 0.25) is 18.1 Å². The molecule has 1 saturated heterocycles. The highest BCUT2D eigenvalue weighted by atomic mass is 28.4. The van der Waals surface area contributed by atoms with Crippen LogP contribution in [0.5, 0.6) is 0 Å². The van der Waals surface area contributed by atoms with Gasteiger partial charge < -0.3 is 18.6 Å². The average Bonchev–Trinajstić information content (AvgIpc) is 3.00. The summed E-state index contributed by atoms with van der Waals surface area (Å²) >= 11 is 0. The van der Waals surface area contributed by atoms with Crippen molar-refractivity contribution < 1.29 is 23.4 Å². The van der Waals surface area contributed by atoms with Crippen molar-refractivity contribution in [1.29, 1.82) is 0 Å². The van der Waals surface area contributed by atoms with Crippen LogP contribution >= 0.6 is 0 Å². The van der Waals surface area contributed by atoms with Crippen LogP contribution in [0.4, 0.5) is 0 Å². The number of hydrogen-bond acceptors (Lipinski definition) is 5. The fourth-order valence-corrected chi connectivity index (χ4v) is 3.96. The molecule has 0 spiro atoms. The molecule has 28 heavy (non-hydrogen) atoms. The second-order valence-corrected chi connectivity index (χ2v) is 13.8. The van der Waals surface area contributed by atoms with Crippen LogP contribution in [0.3, 0.4) is 0 Å². The molecule has 0 N–H and O–H groups in total. The van der Waals surface area contributed by atoms with Crippen molar-refractivity contribution in [1.82, 2.24) is 0 Å². The quantitative estimate of drug-likeness (QED) is 0.438. The molecule has 5 nitrogen and oxygen atoms in total. The maximum Gasteiger partial charge on any atom is 0.308 e. The summed E-state index contributed by atoms with van der Waals surface area (Å²) < 4.78 is 23.8. The van der Waals surface area contributed by atoms with Crippen molar-refractivity contribution in [3.05, 3.63) is 35.9 Å². The minimum Gasteiger partial charge on any atom is -0.466 e. The number of rotatable bonds is 9. The van der Waals surface area contributed by atoms with E-state index in [0.717, 1.165) is 5.56 Å². The van der Waals surface area contributed by atoms with Crippen LogP contribution in [0.25, 0.3) is 0 Å². The first kappa shape index (κ1) is 23.1. The fourth-order valence-electron chi connectivity index (χ4n) is 2.94. The van der Waals surface area contributed by atoms with Crippen LogP contribution in [0, 0.1) is 0 Å². The molecule has 1 aliphatic heterocycles. The summed E-state index contributed by atoms with van der Waals surface area (Å²) in [5.41, 5.74) is 1.13. The smallest absolute Gasteiger partial charge is 0.308 e. The molecule has 0 aromatic heterocycles. The second kappa shape index (κ2) is 10.0. The highest BCUT2D eigenvalue weighted by molar-refractivity contribution is 6.74. The summed E-state index contributed by atoms with van der Waals surface area (Å²) in [5.74, 6) is -0.222. The van der Waals surface area contributed by atoms with E-state index in [9.17, 15) is 4.79 Å². The number of carbonyl (C=O) groups is 1. The normalized spacial score (nSPS) is 23.0. The van der Waals surface area contributed by atoms with E-state index in [1.54, 1.807) is 0 Å². The molecule has 6 heteroatoms. The minimum atomic E-state index is -1.88. The van der Waals surface area contributed by atoms with Gasteiger partial charge in [-0.3, -0.25) is 4.79 Å². The molecule has 0 amide bonds. The first-order chi connectivity index (χ1) is 13.1. The van der Waals surface area contributed by atoms with Crippen molar-refractivity contribution in [2.75, 3.05) is 13.2 Å². The molecule has 1 aliphatic rings. The summed E-state index contributed by atoms with van der Waals surface area (Å²) in [6.07, 6.45) is 0.488. The van der Waals surface area contributed by atoms with Crippen LogP contribution in [0.15, 0.2) is 30.3 Å². The summed E-state index contributed by atoms with van der Waals surface area (Å²) in [5, 5.41) is 0.135. The van der Waals surface area contributed by atoms with E-state index in [-0.39, 0.29) is 35.7 Å². The lowest BCUT2D eigenvalue weighted by atomic mass is 10.1. The van der Waals surface area contributed by atoms with Crippen molar-refractivity contribution in [2.45, 2.75) is 83.6 Å². The topological polar surface area (TPSA) is 54.0 Å². The van der Waals surface area contributed by atoms with Crippen molar-refractivity contribution in [3.8, 4) is 0 Å². The Bertz CT molecular complexity index is 611. The third kappa shape index (κ3) is 6.69. The average molecular weight is 409 g/mol. The summed E-state index contributed by atoms with van der Waals surface area (Å²) in [4.78, 5) is 11.9.